The number of fused-ring (bicyclic) bond motifs is 3. The molecule has 1 aromatic heterocycles. The largest absolute Gasteiger partial charge is 0.542 e. The highest BCUT2D eigenvalue weighted by molar-refractivity contribution is 5.91. The van der Waals surface area contributed by atoms with E-state index >= 15 is 0 Å². The second kappa shape index (κ2) is 16.7. The fraction of sp³-hybridized carbons (Fsp3) is 0.308. The number of amides is 2. The molecule has 2 heterocycles. The van der Waals surface area contributed by atoms with E-state index in [1.165, 1.54) is 33.2 Å². The molecule has 10 nitrogen and oxygen atoms in total. The molecular weight excluding hydrogens is 675 g/mol. The first kappa shape index (κ1) is 37.8. The minimum Gasteiger partial charge on any atom is -0.542 e. The number of aliphatic carboxylic acids is 1. The van der Waals surface area contributed by atoms with Crippen molar-refractivity contribution in [2.24, 2.45) is 0 Å². The maximum absolute atomic E-state index is 13.6. The molecule has 0 fully saturated rings. The molecule has 13 heteroatoms. The number of carbonyl (C=O) groups excluding carboxylic acids is 3. The number of aromatic nitrogens is 1. The number of nitrogens with two attached hydrogens (primary N) is 1. The molecule has 0 saturated heterocycles. The van der Waals surface area contributed by atoms with Gasteiger partial charge in [0, 0.05) is 41.7 Å². The Hall–Kier alpha value is -5.40. The van der Waals surface area contributed by atoms with Crippen molar-refractivity contribution in [3.63, 3.8) is 0 Å². The predicted octanol–water partition coefficient (Wildman–Crippen LogP) is 4.91. The molecule has 6 rings (SSSR count). The Morgan fingerprint density at radius 2 is 1.65 bits per heavy atom. The molecular formula is C39H42F3N5O5. The summed E-state index contributed by atoms with van der Waals surface area (Å²) in [4.78, 5) is 37.5. The lowest BCUT2D eigenvalue weighted by Crippen LogP contribution is -2.89. The summed E-state index contributed by atoms with van der Waals surface area (Å²) in [5.41, 5.74) is 9.96. The molecule has 0 spiro atoms. The van der Waals surface area contributed by atoms with Gasteiger partial charge in [-0.05, 0) is 90.0 Å². The van der Waals surface area contributed by atoms with Crippen LogP contribution in [0.1, 0.15) is 48.9 Å². The van der Waals surface area contributed by atoms with Crippen LogP contribution in [0.2, 0.25) is 0 Å². The lowest BCUT2D eigenvalue weighted by molar-refractivity contribution is -0.740. The van der Waals surface area contributed by atoms with E-state index in [1.807, 2.05) is 25.1 Å². The van der Waals surface area contributed by atoms with Crippen molar-refractivity contribution >= 4 is 45.1 Å². The summed E-state index contributed by atoms with van der Waals surface area (Å²) in [7, 11) is 3.33. The maximum atomic E-state index is 13.6. The van der Waals surface area contributed by atoms with Crippen LogP contribution in [-0.2, 0) is 27.3 Å². The summed E-state index contributed by atoms with van der Waals surface area (Å²) in [6.45, 7) is 2.74. The van der Waals surface area contributed by atoms with E-state index in [-0.39, 0.29) is 24.4 Å². The molecule has 1 atom stereocenters. The van der Waals surface area contributed by atoms with Crippen LogP contribution in [0.15, 0.2) is 78.9 Å². The number of carboxylic acids is 1. The van der Waals surface area contributed by atoms with E-state index in [0.29, 0.717) is 6.42 Å². The van der Waals surface area contributed by atoms with E-state index in [0.717, 1.165) is 60.1 Å². The molecule has 0 saturated carbocycles. The monoisotopic (exact) mass is 717 g/mol. The average molecular weight is 718 g/mol. The number of aryl methyl sites for hydroxylation is 1. The number of H-pyrrole nitrogens is 1. The number of nitrogens with one attached hydrogen (secondary N) is 3. The summed E-state index contributed by atoms with van der Waals surface area (Å²) in [6, 6.07) is 27.6. The molecule has 4 aromatic carbocycles. The van der Waals surface area contributed by atoms with Gasteiger partial charge in [-0.1, -0.05) is 42.8 Å². The SMILES string of the molecule is CNC(=O)CCCCC[C@@H](NC(=O)Cc1c(C)[nH]c2ccc(OC)cc12)N1Cc2cc(-c3ccc4ccccc4c3)ccc2[NH2+]1.O=C([O-])C(F)(F)F. The van der Waals surface area contributed by atoms with Gasteiger partial charge in [-0.15, -0.1) is 5.01 Å². The van der Waals surface area contributed by atoms with Crippen LogP contribution in [0.25, 0.3) is 32.8 Å². The molecule has 2 amide bonds. The Kier molecular flexibility index (Phi) is 12.2. The number of alkyl halides is 3. The third kappa shape index (κ3) is 9.47. The van der Waals surface area contributed by atoms with Gasteiger partial charge in [0.2, 0.25) is 11.8 Å². The summed E-state index contributed by atoms with van der Waals surface area (Å²) in [5, 5.41) is 20.6. The van der Waals surface area contributed by atoms with E-state index in [1.54, 1.807) is 14.2 Å². The third-order valence-corrected chi connectivity index (χ3v) is 9.17. The van der Waals surface area contributed by atoms with Crippen molar-refractivity contribution in [2.75, 3.05) is 14.2 Å². The van der Waals surface area contributed by atoms with Crippen LogP contribution in [0.5, 0.6) is 5.75 Å². The first-order valence-electron chi connectivity index (χ1n) is 17.0. The minimum atomic E-state index is -5.19. The summed E-state index contributed by atoms with van der Waals surface area (Å²) >= 11 is 0. The van der Waals surface area contributed by atoms with E-state index in [4.69, 9.17) is 14.6 Å². The molecule has 0 aliphatic carbocycles. The van der Waals surface area contributed by atoms with E-state index in [2.05, 4.69) is 86.7 Å². The van der Waals surface area contributed by atoms with Gasteiger partial charge in [-0.3, -0.25) is 9.59 Å². The molecule has 5 N–H and O–H groups in total. The number of methoxy groups -OCH3 is 1. The normalized spacial score (nSPS) is 13.3. The zero-order chi connectivity index (χ0) is 37.4. The van der Waals surface area contributed by atoms with Gasteiger partial charge in [0.15, 0.2) is 5.69 Å². The zero-order valence-corrected chi connectivity index (χ0v) is 29.2. The fourth-order valence-electron chi connectivity index (χ4n) is 6.40. The first-order chi connectivity index (χ1) is 24.9. The molecule has 274 valence electrons. The van der Waals surface area contributed by atoms with Crippen molar-refractivity contribution in [1.82, 2.24) is 20.6 Å². The van der Waals surface area contributed by atoms with Crippen LogP contribution in [0.4, 0.5) is 18.9 Å². The Bertz CT molecular complexity index is 2060. The highest BCUT2D eigenvalue weighted by Gasteiger charge is 2.32. The summed E-state index contributed by atoms with van der Waals surface area (Å²) in [5.74, 6) is -2.19. The smallest absolute Gasteiger partial charge is 0.430 e. The Morgan fingerprint density at radius 3 is 2.37 bits per heavy atom. The topological polar surface area (TPSA) is 143 Å². The number of aromatic amines is 1. The molecule has 1 aliphatic heterocycles. The van der Waals surface area contributed by atoms with Crippen molar-refractivity contribution in [3.8, 4) is 16.9 Å². The second-order valence-corrected chi connectivity index (χ2v) is 12.7. The molecule has 5 aromatic rings. The Morgan fingerprint density at radius 1 is 0.942 bits per heavy atom. The van der Waals surface area contributed by atoms with Crippen molar-refractivity contribution in [2.45, 2.75) is 64.3 Å². The molecule has 0 bridgehead atoms. The van der Waals surface area contributed by atoms with E-state index in [9.17, 15) is 22.8 Å². The number of halogens is 3. The minimum absolute atomic E-state index is 0.0154. The van der Waals surface area contributed by atoms with Gasteiger partial charge < -0.3 is 30.3 Å². The molecule has 0 unspecified atom stereocenters. The van der Waals surface area contributed by atoms with Gasteiger partial charge >= 0.3 is 6.18 Å². The number of carboxylic acid groups (broad SMARTS) is 1. The van der Waals surface area contributed by atoms with Gasteiger partial charge in [-0.25, -0.2) is 5.43 Å². The van der Waals surface area contributed by atoms with Crippen LogP contribution in [0.3, 0.4) is 0 Å². The number of nitrogens with zero attached hydrogens (tertiary/aromatic N) is 1. The number of rotatable bonds is 12. The number of unbranched alkanes of at least 4 members (excludes halogenated alkanes) is 2. The van der Waals surface area contributed by atoms with Crippen LogP contribution < -0.4 is 25.9 Å². The standard InChI is InChI=1S/C37H41N5O3.C2HF3O2/c1-24-31(32-21-30(45-3)16-18-34(32)39-24)22-37(44)40-35(11-5-4-6-12-36(43)38-2)42-23-29-20-28(15-17-33(29)41-42)27-14-13-25-9-7-8-10-26(25)19-27;3-2(4,5)1(6)7/h7-10,13-21,35,39,41H,4-6,11-12,22-23H2,1-3H3,(H,38,43)(H,40,44);(H,6,7)/t35-;/m0./s1. The number of hydrogen-bond acceptors (Lipinski definition) is 6. The first-order valence-corrected chi connectivity index (χ1v) is 17.0. The lowest BCUT2D eigenvalue weighted by atomic mass is 9.99. The maximum Gasteiger partial charge on any atom is 0.430 e. The predicted molar refractivity (Wildman–Crippen MR) is 190 cm³/mol. The number of ether oxygens (including phenoxy) is 1. The number of carbonyl (C=O) groups is 3. The number of hydrogen-bond donors (Lipinski definition) is 4. The quantitative estimate of drug-likeness (QED) is 0.0821. The Balaban J connectivity index is 0.000000679. The number of benzene rings is 4. The molecule has 1 aliphatic rings. The van der Waals surface area contributed by atoms with Crippen molar-refractivity contribution in [3.05, 3.63) is 95.7 Å². The van der Waals surface area contributed by atoms with Gasteiger partial charge in [-0.2, -0.15) is 13.2 Å². The third-order valence-electron chi connectivity index (χ3n) is 9.17. The van der Waals surface area contributed by atoms with Crippen LogP contribution in [-0.4, -0.2) is 54.3 Å². The van der Waals surface area contributed by atoms with Gasteiger partial charge in [0.1, 0.15) is 17.9 Å². The van der Waals surface area contributed by atoms with Gasteiger partial charge in [0.05, 0.1) is 20.1 Å². The highest BCUT2D eigenvalue weighted by Crippen LogP contribution is 2.30. The van der Waals surface area contributed by atoms with Crippen LogP contribution >= 0.6 is 0 Å². The van der Waals surface area contributed by atoms with Crippen molar-refractivity contribution < 1.29 is 42.8 Å². The summed E-state index contributed by atoms with van der Waals surface area (Å²) < 4.78 is 37.0. The fourth-order valence-corrected chi connectivity index (χ4v) is 6.40. The molecule has 0 radical (unpaired) electrons. The average Bonchev–Trinajstić information content (AvgIpc) is 3.69. The van der Waals surface area contributed by atoms with Gasteiger partial charge in [0.25, 0.3) is 0 Å². The molecule has 52 heavy (non-hydrogen) atoms. The van der Waals surface area contributed by atoms with Crippen LogP contribution in [0, 0.1) is 6.92 Å². The Labute approximate surface area is 299 Å². The van der Waals surface area contributed by atoms with Crippen molar-refractivity contribution in [1.29, 1.82) is 0 Å². The van der Waals surface area contributed by atoms with E-state index < -0.39 is 12.1 Å². The highest BCUT2D eigenvalue weighted by atomic mass is 19.4. The zero-order valence-electron chi connectivity index (χ0n) is 29.2. The second-order valence-electron chi connectivity index (χ2n) is 12.7. The lowest BCUT2D eigenvalue weighted by Gasteiger charge is -2.25. The summed E-state index contributed by atoms with van der Waals surface area (Å²) in [6.07, 6.45) is -1.09. The number of quaternary nitrogens is 1.